The smallest absolute Gasteiger partial charge is 0.0364 e. The molecule has 0 heteroatoms. The van der Waals surface area contributed by atoms with Crippen molar-refractivity contribution in [2.45, 2.75) is 46.5 Å². The molecule has 0 aromatic heterocycles. The number of allylic oxidation sites excluding steroid dienone is 1. The van der Waals surface area contributed by atoms with Crippen LogP contribution in [0.1, 0.15) is 74.3 Å². The van der Waals surface area contributed by atoms with Gasteiger partial charge in [-0.05, 0) is 61.2 Å². The van der Waals surface area contributed by atoms with E-state index in [1.165, 1.54) is 74.1 Å². The second-order valence-electron chi connectivity index (χ2n) is 11.4. The van der Waals surface area contributed by atoms with Crippen LogP contribution in [0.3, 0.4) is 0 Å². The Bertz CT molecular complexity index is 1720. The zero-order valence-electron chi connectivity index (χ0n) is 28.5. The summed E-state index contributed by atoms with van der Waals surface area (Å²) in [5, 5.41) is 0. The molecule has 0 saturated carbocycles. The summed E-state index contributed by atoms with van der Waals surface area (Å²) in [6, 6.07) is 58.6. The van der Waals surface area contributed by atoms with Crippen LogP contribution in [0, 0.1) is 0 Å². The maximum Gasteiger partial charge on any atom is 0.0364 e. The first-order valence-electron chi connectivity index (χ1n) is 16.9. The van der Waals surface area contributed by atoms with Gasteiger partial charge in [0.2, 0.25) is 0 Å². The molecular formula is C47H48. The molecule has 0 nitrogen and oxygen atoms in total. The molecule has 2 aliphatic rings. The van der Waals surface area contributed by atoms with E-state index in [4.69, 9.17) is 0 Å². The molecule has 236 valence electrons. The van der Waals surface area contributed by atoms with Crippen molar-refractivity contribution in [1.82, 2.24) is 0 Å². The molecular weight excluding hydrogens is 565 g/mol. The van der Waals surface area contributed by atoms with E-state index in [1.54, 1.807) is 0 Å². The average Bonchev–Trinajstić information content (AvgIpc) is 3.65. The zero-order valence-corrected chi connectivity index (χ0v) is 28.5. The van der Waals surface area contributed by atoms with Crippen molar-refractivity contribution < 1.29 is 0 Å². The molecule has 0 fully saturated rings. The number of rotatable bonds is 2. The van der Waals surface area contributed by atoms with E-state index in [1.807, 2.05) is 36.4 Å². The van der Waals surface area contributed by atoms with Gasteiger partial charge < -0.3 is 0 Å². The molecule has 0 saturated heterocycles. The molecule has 47 heavy (non-hydrogen) atoms. The highest BCUT2D eigenvalue weighted by molar-refractivity contribution is 6.12. The van der Waals surface area contributed by atoms with E-state index in [0.29, 0.717) is 0 Å². The van der Waals surface area contributed by atoms with Gasteiger partial charge in [0.05, 0.1) is 0 Å². The van der Waals surface area contributed by atoms with Crippen molar-refractivity contribution in [1.29, 1.82) is 0 Å². The Hall–Kier alpha value is -5.20. The molecule has 0 heterocycles. The van der Waals surface area contributed by atoms with Gasteiger partial charge in [-0.25, -0.2) is 0 Å². The van der Waals surface area contributed by atoms with E-state index < -0.39 is 0 Å². The summed E-state index contributed by atoms with van der Waals surface area (Å²) in [5.74, 6) is 0.189. The number of benzene rings is 6. The molecule has 0 radical (unpaired) electrons. The lowest BCUT2D eigenvalue weighted by atomic mass is 9.80. The van der Waals surface area contributed by atoms with Crippen molar-refractivity contribution >= 4 is 11.1 Å². The van der Waals surface area contributed by atoms with Gasteiger partial charge in [-0.1, -0.05) is 204 Å². The zero-order chi connectivity index (χ0) is 33.4. The van der Waals surface area contributed by atoms with Gasteiger partial charge in [0.25, 0.3) is 0 Å². The third kappa shape index (κ3) is 7.79. The first-order chi connectivity index (χ1) is 23.2. The summed E-state index contributed by atoms with van der Waals surface area (Å²) in [7, 11) is 0. The van der Waals surface area contributed by atoms with Gasteiger partial charge in [-0.2, -0.15) is 0 Å². The Balaban J connectivity index is 0.000000305. The molecule has 0 spiro atoms. The number of fused-ring (bicyclic) bond motifs is 6. The SMILES string of the molecule is C=C.CCC.CCC.c1ccc(C(=C2c3ccccc3-c3ccccc32)C2c3ccccc3-c3ccccc32)cc1.c1ccccc1. The lowest BCUT2D eigenvalue weighted by molar-refractivity contribution is 1.09. The Morgan fingerprint density at radius 3 is 1.04 bits per heavy atom. The minimum Gasteiger partial charge on any atom is -0.106 e. The van der Waals surface area contributed by atoms with E-state index in [9.17, 15) is 0 Å². The largest absolute Gasteiger partial charge is 0.106 e. The summed E-state index contributed by atoms with van der Waals surface area (Å²) in [5.41, 5.74) is 14.9. The van der Waals surface area contributed by atoms with Crippen LogP contribution in [0.15, 0.2) is 177 Å². The Labute approximate surface area is 283 Å². The fourth-order valence-corrected chi connectivity index (χ4v) is 6.23. The van der Waals surface area contributed by atoms with Gasteiger partial charge in [0.1, 0.15) is 0 Å². The first-order valence-corrected chi connectivity index (χ1v) is 16.9. The minimum atomic E-state index is 0.189. The monoisotopic (exact) mass is 612 g/mol. The second-order valence-corrected chi connectivity index (χ2v) is 11.4. The molecule has 6 aromatic carbocycles. The topological polar surface area (TPSA) is 0 Å². The molecule has 0 aliphatic heterocycles. The van der Waals surface area contributed by atoms with Crippen LogP contribution in [0.4, 0.5) is 0 Å². The van der Waals surface area contributed by atoms with Crippen molar-refractivity contribution in [2.24, 2.45) is 0 Å². The molecule has 0 unspecified atom stereocenters. The Kier molecular flexibility index (Phi) is 13.3. The number of hydrogen-bond donors (Lipinski definition) is 0. The molecule has 6 aromatic rings. The fraction of sp³-hybridized carbons (Fsp3) is 0.149. The summed E-state index contributed by atoms with van der Waals surface area (Å²) < 4.78 is 0. The van der Waals surface area contributed by atoms with E-state index in [0.717, 1.165) is 0 Å². The summed E-state index contributed by atoms with van der Waals surface area (Å²) >= 11 is 0. The summed E-state index contributed by atoms with van der Waals surface area (Å²) in [4.78, 5) is 0. The van der Waals surface area contributed by atoms with Gasteiger partial charge in [0, 0.05) is 5.92 Å². The van der Waals surface area contributed by atoms with E-state index in [-0.39, 0.29) is 5.92 Å². The maximum atomic E-state index is 3.00. The minimum absolute atomic E-state index is 0.189. The first kappa shape index (κ1) is 34.7. The van der Waals surface area contributed by atoms with Crippen LogP contribution in [-0.2, 0) is 0 Å². The average molecular weight is 613 g/mol. The summed E-state index contributed by atoms with van der Waals surface area (Å²) in [6.07, 6.45) is 2.50. The lowest BCUT2D eigenvalue weighted by Gasteiger charge is -2.23. The van der Waals surface area contributed by atoms with Crippen LogP contribution < -0.4 is 0 Å². The van der Waals surface area contributed by atoms with Crippen LogP contribution >= 0.6 is 0 Å². The van der Waals surface area contributed by atoms with Gasteiger partial charge in [0.15, 0.2) is 0 Å². The molecule has 0 bridgehead atoms. The van der Waals surface area contributed by atoms with Crippen molar-refractivity contribution in [3.8, 4) is 22.3 Å². The molecule has 2 aliphatic carbocycles. The highest BCUT2D eigenvalue weighted by Crippen LogP contribution is 2.56. The third-order valence-corrected chi connectivity index (χ3v) is 7.83. The van der Waals surface area contributed by atoms with Gasteiger partial charge in [-0.15, -0.1) is 13.2 Å². The highest BCUT2D eigenvalue weighted by atomic mass is 14.4. The summed E-state index contributed by atoms with van der Waals surface area (Å²) in [6.45, 7) is 14.5. The molecule has 0 N–H and O–H groups in total. The molecule has 0 atom stereocenters. The van der Waals surface area contributed by atoms with E-state index in [2.05, 4.69) is 168 Å². The van der Waals surface area contributed by atoms with Crippen LogP contribution in [0.5, 0.6) is 0 Å². The van der Waals surface area contributed by atoms with Gasteiger partial charge >= 0.3 is 0 Å². The predicted molar refractivity (Wildman–Crippen MR) is 208 cm³/mol. The normalized spacial score (nSPS) is 11.2. The molecule has 0 amide bonds. The fourth-order valence-electron chi connectivity index (χ4n) is 6.23. The van der Waals surface area contributed by atoms with Crippen molar-refractivity contribution in [3.63, 3.8) is 0 Å². The lowest BCUT2D eigenvalue weighted by Crippen LogP contribution is -2.04. The van der Waals surface area contributed by atoms with Crippen LogP contribution in [-0.4, -0.2) is 0 Å². The van der Waals surface area contributed by atoms with Crippen LogP contribution in [0.2, 0.25) is 0 Å². The standard InChI is InChI=1S/C33H22.C6H6.2C3H8.C2H4/c1-2-12-22(13-3-1)31(32-27-18-8-4-14-23(27)24-15-5-9-19-28(24)32)33-29-20-10-6-16-25(29)26-17-7-11-21-30(26)33;1-2-4-6-5-3-1;2*1-3-2;1-2/h1-21,32H;1-6H;2*3H2,1-2H3;1-2H2. The Morgan fingerprint density at radius 1 is 0.383 bits per heavy atom. The van der Waals surface area contributed by atoms with Gasteiger partial charge in [-0.3, -0.25) is 0 Å². The maximum absolute atomic E-state index is 3.00. The third-order valence-electron chi connectivity index (χ3n) is 7.83. The highest BCUT2D eigenvalue weighted by Gasteiger charge is 2.36. The molecule has 8 rings (SSSR count). The number of hydrogen-bond acceptors (Lipinski definition) is 0. The van der Waals surface area contributed by atoms with E-state index >= 15 is 0 Å². The van der Waals surface area contributed by atoms with Crippen molar-refractivity contribution in [3.05, 3.63) is 205 Å². The van der Waals surface area contributed by atoms with Crippen LogP contribution in [0.25, 0.3) is 33.4 Å². The quantitative estimate of drug-likeness (QED) is 0.170. The second kappa shape index (κ2) is 18.1. The van der Waals surface area contributed by atoms with Crippen molar-refractivity contribution in [2.75, 3.05) is 0 Å². The Morgan fingerprint density at radius 2 is 0.660 bits per heavy atom. The predicted octanol–water partition coefficient (Wildman–Crippen LogP) is 13.8.